The van der Waals surface area contributed by atoms with Crippen LogP contribution >= 0.6 is 0 Å². The van der Waals surface area contributed by atoms with Gasteiger partial charge in [-0.2, -0.15) is 0 Å². The van der Waals surface area contributed by atoms with Crippen molar-refractivity contribution in [2.24, 2.45) is 5.73 Å². The van der Waals surface area contributed by atoms with Crippen molar-refractivity contribution in [3.8, 4) is 5.75 Å². The molecule has 0 saturated heterocycles. The summed E-state index contributed by atoms with van der Waals surface area (Å²) in [6.45, 7) is 1.50. The maximum absolute atomic E-state index is 11.6. The molecule has 0 aliphatic heterocycles. The van der Waals surface area contributed by atoms with Crippen LogP contribution < -0.4 is 16.0 Å². The number of carbonyl (C=O) groups is 2. The zero-order valence-electron chi connectivity index (χ0n) is 9.65. The van der Waals surface area contributed by atoms with Crippen molar-refractivity contribution < 1.29 is 19.2 Å². The molecular weight excluding hydrogens is 224 g/mol. The molecule has 0 aliphatic carbocycles. The number of methoxy groups -OCH3 is 1. The predicted molar refractivity (Wildman–Crippen MR) is 60.3 cm³/mol. The standard InChI is InChI=1S/C11H14N2O4/c1-7-3-4-8(5-9(7)16-2)11(15)13-17-6-10(12)14/h3-5H,6H2,1-2H3,(H2,12,14)(H,13,15). The summed E-state index contributed by atoms with van der Waals surface area (Å²) in [5.41, 5.74) is 8.24. The van der Waals surface area contributed by atoms with Crippen LogP contribution in [0, 0.1) is 6.92 Å². The Balaban J connectivity index is 2.66. The molecule has 1 aromatic carbocycles. The van der Waals surface area contributed by atoms with Crippen molar-refractivity contribution in [1.82, 2.24) is 5.48 Å². The van der Waals surface area contributed by atoms with Crippen molar-refractivity contribution in [2.45, 2.75) is 6.92 Å². The lowest BCUT2D eigenvalue weighted by atomic mass is 10.1. The third kappa shape index (κ3) is 3.76. The third-order valence-corrected chi connectivity index (χ3v) is 2.05. The van der Waals surface area contributed by atoms with Gasteiger partial charge < -0.3 is 10.5 Å². The summed E-state index contributed by atoms with van der Waals surface area (Å²) in [4.78, 5) is 26.6. The molecule has 0 heterocycles. The van der Waals surface area contributed by atoms with Crippen LogP contribution in [0.15, 0.2) is 18.2 Å². The average Bonchev–Trinajstić information content (AvgIpc) is 2.29. The van der Waals surface area contributed by atoms with Gasteiger partial charge in [0.25, 0.3) is 5.91 Å². The van der Waals surface area contributed by atoms with Gasteiger partial charge in [0.2, 0.25) is 5.91 Å². The number of aryl methyl sites for hydroxylation is 1. The van der Waals surface area contributed by atoms with Gasteiger partial charge in [-0.1, -0.05) is 6.07 Å². The number of amides is 2. The van der Waals surface area contributed by atoms with Gasteiger partial charge in [-0.05, 0) is 24.6 Å². The predicted octanol–water partition coefficient (Wildman–Crippen LogP) is 0.150. The summed E-state index contributed by atoms with van der Waals surface area (Å²) >= 11 is 0. The maximum atomic E-state index is 11.6. The van der Waals surface area contributed by atoms with Crippen LogP contribution in [-0.2, 0) is 9.63 Å². The Labute approximate surface area is 98.7 Å². The summed E-state index contributed by atoms with van der Waals surface area (Å²) in [6.07, 6.45) is 0. The highest BCUT2D eigenvalue weighted by atomic mass is 16.7. The van der Waals surface area contributed by atoms with Crippen LogP contribution in [0.4, 0.5) is 0 Å². The number of hydrogen-bond acceptors (Lipinski definition) is 4. The van der Waals surface area contributed by atoms with E-state index in [1.54, 1.807) is 18.2 Å². The zero-order valence-corrected chi connectivity index (χ0v) is 9.65. The second-order valence-corrected chi connectivity index (χ2v) is 3.37. The number of nitrogens with two attached hydrogens (primary N) is 1. The van der Waals surface area contributed by atoms with Crippen molar-refractivity contribution in [3.05, 3.63) is 29.3 Å². The highest BCUT2D eigenvalue weighted by Gasteiger charge is 2.08. The molecule has 0 radical (unpaired) electrons. The molecule has 92 valence electrons. The SMILES string of the molecule is COc1cc(C(=O)NOCC(N)=O)ccc1C. The summed E-state index contributed by atoms with van der Waals surface area (Å²) in [7, 11) is 1.52. The van der Waals surface area contributed by atoms with Crippen molar-refractivity contribution in [3.63, 3.8) is 0 Å². The first-order chi connectivity index (χ1) is 8.04. The molecule has 0 unspecified atom stereocenters. The summed E-state index contributed by atoms with van der Waals surface area (Å²) in [5.74, 6) is -0.524. The van der Waals surface area contributed by atoms with Crippen LogP contribution in [0.25, 0.3) is 0 Å². The molecule has 0 saturated carbocycles. The molecule has 1 rings (SSSR count). The van der Waals surface area contributed by atoms with Gasteiger partial charge in [-0.3, -0.25) is 14.4 Å². The highest BCUT2D eigenvalue weighted by Crippen LogP contribution is 2.18. The monoisotopic (exact) mass is 238 g/mol. The number of carbonyl (C=O) groups excluding carboxylic acids is 2. The fourth-order valence-corrected chi connectivity index (χ4v) is 1.19. The van der Waals surface area contributed by atoms with Crippen molar-refractivity contribution in [1.29, 1.82) is 0 Å². The molecule has 1 aromatic rings. The third-order valence-electron chi connectivity index (χ3n) is 2.05. The molecule has 0 bridgehead atoms. The Morgan fingerprint density at radius 3 is 2.71 bits per heavy atom. The Kier molecular flexibility index (Phi) is 4.47. The number of rotatable bonds is 5. The largest absolute Gasteiger partial charge is 0.496 e. The van der Waals surface area contributed by atoms with Crippen molar-refractivity contribution >= 4 is 11.8 Å². The minimum Gasteiger partial charge on any atom is -0.496 e. The topological polar surface area (TPSA) is 90.7 Å². The number of hydroxylamine groups is 1. The molecule has 0 aromatic heterocycles. The second-order valence-electron chi connectivity index (χ2n) is 3.37. The van der Waals surface area contributed by atoms with Gasteiger partial charge in [0, 0.05) is 5.56 Å². The first-order valence-corrected chi connectivity index (χ1v) is 4.89. The summed E-state index contributed by atoms with van der Waals surface area (Å²) < 4.78 is 5.08. The molecule has 6 nitrogen and oxygen atoms in total. The van der Waals surface area contributed by atoms with E-state index in [2.05, 4.69) is 10.3 Å². The molecule has 2 amide bonds. The zero-order chi connectivity index (χ0) is 12.8. The van der Waals surface area contributed by atoms with Gasteiger partial charge in [0.05, 0.1) is 7.11 Å². The lowest BCUT2D eigenvalue weighted by Gasteiger charge is -2.08. The number of benzene rings is 1. The fraction of sp³-hybridized carbons (Fsp3) is 0.273. The normalized spacial score (nSPS) is 9.76. The molecule has 3 N–H and O–H groups in total. The van der Waals surface area contributed by atoms with Crippen LogP contribution in [0.5, 0.6) is 5.75 Å². The summed E-state index contributed by atoms with van der Waals surface area (Å²) in [6, 6.07) is 4.96. The molecule has 0 spiro atoms. The minimum absolute atomic E-state index is 0.366. The van der Waals surface area contributed by atoms with Gasteiger partial charge in [-0.25, -0.2) is 5.48 Å². The maximum Gasteiger partial charge on any atom is 0.274 e. The van der Waals surface area contributed by atoms with Crippen molar-refractivity contribution in [2.75, 3.05) is 13.7 Å². The lowest BCUT2D eigenvalue weighted by molar-refractivity contribution is -0.124. The minimum atomic E-state index is -0.660. The van der Waals surface area contributed by atoms with E-state index in [0.29, 0.717) is 11.3 Å². The fourth-order valence-electron chi connectivity index (χ4n) is 1.19. The number of ether oxygens (including phenoxy) is 1. The Morgan fingerprint density at radius 1 is 1.41 bits per heavy atom. The van der Waals surface area contributed by atoms with E-state index in [1.807, 2.05) is 6.92 Å². The Morgan fingerprint density at radius 2 is 2.12 bits per heavy atom. The molecule has 17 heavy (non-hydrogen) atoms. The van der Waals surface area contributed by atoms with Gasteiger partial charge in [0.15, 0.2) is 6.61 Å². The van der Waals surface area contributed by atoms with Gasteiger partial charge in [0.1, 0.15) is 5.75 Å². The molecule has 6 heteroatoms. The first-order valence-electron chi connectivity index (χ1n) is 4.89. The van der Waals surface area contributed by atoms with Crippen LogP contribution in [0.1, 0.15) is 15.9 Å². The van der Waals surface area contributed by atoms with E-state index in [4.69, 9.17) is 10.5 Å². The Hall–Kier alpha value is -2.08. The van der Waals surface area contributed by atoms with E-state index in [9.17, 15) is 9.59 Å². The van der Waals surface area contributed by atoms with Gasteiger partial charge >= 0.3 is 0 Å². The molecular formula is C11H14N2O4. The molecule has 0 atom stereocenters. The van der Waals surface area contributed by atoms with Crippen LogP contribution in [0.2, 0.25) is 0 Å². The Bertz CT molecular complexity index is 431. The van der Waals surface area contributed by atoms with E-state index >= 15 is 0 Å². The average molecular weight is 238 g/mol. The summed E-state index contributed by atoms with van der Waals surface area (Å²) in [5, 5.41) is 0. The smallest absolute Gasteiger partial charge is 0.274 e. The highest BCUT2D eigenvalue weighted by molar-refractivity contribution is 5.94. The van der Waals surface area contributed by atoms with Gasteiger partial charge in [-0.15, -0.1) is 0 Å². The molecule has 0 aliphatic rings. The second kappa shape index (κ2) is 5.86. The lowest BCUT2D eigenvalue weighted by Crippen LogP contribution is -2.29. The van der Waals surface area contributed by atoms with Crippen LogP contribution in [0.3, 0.4) is 0 Å². The molecule has 0 fully saturated rings. The first kappa shape index (κ1) is 13.0. The van der Waals surface area contributed by atoms with E-state index < -0.39 is 11.8 Å². The van der Waals surface area contributed by atoms with E-state index in [1.165, 1.54) is 7.11 Å². The number of primary amides is 1. The van der Waals surface area contributed by atoms with Crippen LogP contribution in [-0.4, -0.2) is 25.5 Å². The van der Waals surface area contributed by atoms with E-state index in [-0.39, 0.29) is 6.61 Å². The number of hydrogen-bond donors (Lipinski definition) is 2. The van der Waals surface area contributed by atoms with E-state index in [0.717, 1.165) is 5.56 Å². The number of nitrogens with one attached hydrogen (secondary N) is 1. The quantitative estimate of drug-likeness (QED) is 0.714.